The zero-order chi connectivity index (χ0) is 15.5. The molecule has 0 unspecified atom stereocenters. The van der Waals surface area contributed by atoms with Crippen LogP contribution in [0, 0.1) is 0 Å². The van der Waals surface area contributed by atoms with Crippen LogP contribution in [0.5, 0.6) is 11.5 Å². The van der Waals surface area contributed by atoms with Crippen LogP contribution >= 0.6 is 0 Å². The number of carbonyl (C=O) groups is 1. The molecule has 2 aromatic rings. The quantitative estimate of drug-likeness (QED) is 0.586. The van der Waals surface area contributed by atoms with Crippen LogP contribution in [0.25, 0.3) is 0 Å². The molecule has 3 rings (SSSR count). The molecule has 1 aromatic carbocycles. The van der Waals surface area contributed by atoms with Crippen LogP contribution in [-0.4, -0.2) is 34.5 Å². The number of nitrogens with zero attached hydrogens (tertiary/aromatic N) is 2. The number of hydrogen-bond acceptors (Lipinski definition) is 5. The lowest BCUT2D eigenvalue weighted by atomic mass is 10.2. The van der Waals surface area contributed by atoms with Crippen LogP contribution in [0.15, 0.2) is 23.3 Å². The predicted octanol–water partition coefficient (Wildman–Crippen LogP) is 1.38. The van der Waals surface area contributed by atoms with Crippen LogP contribution in [0.4, 0.5) is 0 Å². The molecule has 0 spiro atoms. The normalized spacial score (nSPS) is 13.3. The third-order valence-electron chi connectivity index (χ3n) is 3.60. The lowest BCUT2D eigenvalue weighted by Gasteiger charge is -2.03. The van der Waals surface area contributed by atoms with E-state index in [0.29, 0.717) is 17.0 Å². The molecule has 1 aromatic heterocycles. The summed E-state index contributed by atoms with van der Waals surface area (Å²) in [5, 5.41) is 20.4. The summed E-state index contributed by atoms with van der Waals surface area (Å²) >= 11 is 0. The number of ether oxygens (including phenoxy) is 1. The van der Waals surface area contributed by atoms with Gasteiger partial charge in [0.1, 0.15) is 0 Å². The summed E-state index contributed by atoms with van der Waals surface area (Å²) in [5.74, 6) is 0.0672. The molecule has 1 amide bonds. The number of aromatic amines is 1. The molecule has 0 radical (unpaired) electrons. The monoisotopic (exact) mass is 300 g/mol. The number of H-pyrrole nitrogens is 1. The average Bonchev–Trinajstić information content (AvgIpc) is 3.11. The predicted molar refractivity (Wildman–Crippen MR) is 80.3 cm³/mol. The van der Waals surface area contributed by atoms with E-state index in [-0.39, 0.29) is 11.7 Å². The van der Waals surface area contributed by atoms with Gasteiger partial charge in [0.25, 0.3) is 5.91 Å². The molecule has 7 nitrogen and oxygen atoms in total. The second-order valence-corrected chi connectivity index (χ2v) is 5.01. The van der Waals surface area contributed by atoms with Crippen LogP contribution < -0.4 is 10.2 Å². The van der Waals surface area contributed by atoms with E-state index in [1.54, 1.807) is 12.1 Å². The third kappa shape index (κ3) is 2.65. The zero-order valence-electron chi connectivity index (χ0n) is 12.1. The summed E-state index contributed by atoms with van der Waals surface area (Å²) in [6.45, 7) is 0. The number of aromatic hydroxyl groups is 1. The summed E-state index contributed by atoms with van der Waals surface area (Å²) in [7, 11) is 1.47. The maximum Gasteiger partial charge on any atom is 0.292 e. The molecule has 0 saturated carbocycles. The smallest absolute Gasteiger partial charge is 0.292 e. The van der Waals surface area contributed by atoms with E-state index in [1.165, 1.54) is 19.4 Å². The number of nitrogens with one attached hydrogen (secondary N) is 2. The van der Waals surface area contributed by atoms with Gasteiger partial charge in [-0.25, -0.2) is 5.43 Å². The topological polar surface area (TPSA) is 99.6 Å². The maximum absolute atomic E-state index is 12.1. The molecular weight excluding hydrogens is 284 g/mol. The second-order valence-electron chi connectivity index (χ2n) is 5.01. The first-order valence-corrected chi connectivity index (χ1v) is 6.95. The van der Waals surface area contributed by atoms with Gasteiger partial charge in [0.05, 0.1) is 13.3 Å². The number of hydrogen-bond donors (Lipinski definition) is 3. The zero-order valence-corrected chi connectivity index (χ0v) is 12.1. The van der Waals surface area contributed by atoms with Gasteiger partial charge in [-0.1, -0.05) is 0 Å². The van der Waals surface area contributed by atoms with Crippen molar-refractivity contribution in [3.8, 4) is 11.5 Å². The highest BCUT2D eigenvalue weighted by molar-refractivity contribution is 5.94. The van der Waals surface area contributed by atoms with E-state index in [2.05, 4.69) is 20.7 Å². The van der Waals surface area contributed by atoms with E-state index in [1.807, 2.05) is 0 Å². The summed E-state index contributed by atoms with van der Waals surface area (Å²) in [4.78, 5) is 12.1. The number of hydrazone groups is 1. The molecule has 0 saturated heterocycles. The van der Waals surface area contributed by atoms with Crippen molar-refractivity contribution in [2.75, 3.05) is 7.11 Å². The van der Waals surface area contributed by atoms with Gasteiger partial charge >= 0.3 is 0 Å². The first-order chi connectivity index (χ1) is 10.7. The molecule has 0 aliphatic heterocycles. The van der Waals surface area contributed by atoms with Crippen LogP contribution in [0.2, 0.25) is 0 Å². The number of methoxy groups -OCH3 is 1. The largest absolute Gasteiger partial charge is 0.504 e. The number of benzene rings is 1. The van der Waals surface area contributed by atoms with Gasteiger partial charge in [-0.05, 0) is 43.0 Å². The molecular formula is C15H16N4O3. The summed E-state index contributed by atoms with van der Waals surface area (Å²) in [6, 6.07) is 4.79. The number of carbonyl (C=O) groups excluding carboxylic acids is 1. The molecule has 22 heavy (non-hydrogen) atoms. The van der Waals surface area contributed by atoms with Gasteiger partial charge in [-0.3, -0.25) is 9.89 Å². The number of rotatable bonds is 4. The van der Waals surface area contributed by atoms with Gasteiger partial charge in [-0.15, -0.1) is 0 Å². The van der Waals surface area contributed by atoms with E-state index in [4.69, 9.17) is 4.74 Å². The van der Waals surface area contributed by atoms with Crippen molar-refractivity contribution in [2.24, 2.45) is 5.10 Å². The lowest BCUT2D eigenvalue weighted by molar-refractivity contribution is 0.0949. The highest BCUT2D eigenvalue weighted by Gasteiger charge is 2.22. The summed E-state index contributed by atoms with van der Waals surface area (Å²) in [6.07, 6.45) is 4.33. The van der Waals surface area contributed by atoms with Crippen molar-refractivity contribution >= 4 is 12.1 Å². The SMILES string of the molecule is COc1cc(C=NNC(=O)c2n[nH]c3c2CCC3)ccc1O. The Bertz CT molecular complexity index is 736. The van der Waals surface area contributed by atoms with Gasteiger partial charge in [0.2, 0.25) is 0 Å². The maximum atomic E-state index is 12.1. The number of aromatic nitrogens is 2. The van der Waals surface area contributed by atoms with E-state index in [0.717, 1.165) is 30.5 Å². The first kappa shape index (κ1) is 14.1. The van der Waals surface area contributed by atoms with Crippen molar-refractivity contribution in [3.63, 3.8) is 0 Å². The fourth-order valence-electron chi connectivity index (χ4n) is 2.50. The minimum Gasteiger partial charge on any atom is -0.504 e. The van der Waals surface area contributed by atoms with Gasteiger partial charge in [0.15, 0.2) is 17.2 Å². The molecule has 1 aliphatic rings. The Kier molecular flexibility index (Phi) is 3.78. The van der Waals surface area contributed by atoms with Crippen LogP contribution in [0.3, 0.4) is 0 Å². The van der Waals surface area contributed by atoms with Crippen LogP contribution in [0.1, 0.15) is 33.7 Å². The third-order valence-corrected chi connectivity index (χ3v) is 3.60. The number of aryl methyl sites for hydroxylation is 1. The molecule has 114 valence electrons. The average molecular weight is 300 g/mol. The van der Waals surface area contributed by atoms with Crippen molar-refractivity contribution in [1.82, 2.24) is 15.6 Å². The Hall–Kier alpha value is -2.83. The highest BCUT2D eigenvalue weighted by Crippen LogP contribution is 2.25. The summed E-state index contributed by atoms with van der Waals surface area (Å²) in [5.41, 5.74) is 5.59. The summed E-state index contributed by atoms with van der Waals surface area (Å²) < 4.78 is 5.01. The van der Waals surface area contributed by atoms with Gasteiger partial charge in [-0.2, -0.15) is 10.2 Å². The number of phenolic OH excluding ortho intramolecular Hbond substituents is 1. The van der Waals surface area contributed by atoms with Gasteiger partial charge < -0.3 is 9.84 Å². The Morgan fingerprint density at radius 2 is 2.36 bits per heavy atom. The Labute approximate surface area is 127 Å². The van der Waals surface area contributed by atoms with Crippen molar-refractivity contribution in [1.29, 1.82) is 0 Å². The molecule has 0 atom stereocenters. The second kappa shape index (κ2) is 5.88. The number of phenols is 1. The van der Waals surface area contributed by atoms with Crippen molar-refractivity contribution < 1.29 is 14.6 Å². The molecule has 0 bridgehead atoms. The first-order valence-electron chi connectivity index (χ1n) is 6.95. The molecule has 7 heteroatoms. The minimum absolute atomic E-state index is 0.0516. The number of amides is 1. The number of fused-ring (bicyclic) bond motifs is 1. The Balaban J connectivity index is 1.68. The molecule has 1 heterocycles. The van der Waals surface area contributed by atoms with E-state index >= 15 is 0 Å². The van der Waals surface area contributed by atoms with Crippen LogP contribution in [-0.2, 0) is 12.8 Å². The van der Waals surface area contributed by atoms with E-state index in [9.17, 15) is 9.90 Å². The minimum atomic E-state index is -0.332. The molecule has 0 fully saturated rings. The highest BCUT2D eigenvalue weighted by atomic mass is 16.5. The van der Waals surface area contributed by atoms with Crippen molar-refractivity contribution in [3.05, 3.63) is 40.7 Å². The molecule has 1 aliphatic carbocycles. The van der Waals surface area contributed by atoms with Gasteiger partial charge in [0, 0.05) is 11.3 Å². The van der Waals surface area contributed by atoms with E-state index < -0.39 is 0 Å². The lowest BCUT2D eigenvalue weighted by Crippen LogP contribution is -2.19. The Morgan fingerprint density at radius 1 is 1.50 bits per heavy atom. The fraction of sp³-hybridized carbons (Fsp3) is 0.267. The standard InChI is InChI=1S/C15H16N4O3/c1-22-13-7-9(5-6-12(13)20)8-16-19-15(21)14-10-3-2-4-11(10)17-18-14/h5-8,20H,2-4H2,1H3,(H,17,18)(H,19,21). The molecule has 3 N–H and O–H groups in total. The Morgan fingerprint density at radius 3 is 3.18 bits per heavy atom. The van der Waals surface area contributed by atoms with Crippen molar-refractivity contribution in [2.45, 2.75) is 19.3 Å². The fourth-order valence-corrected chi connectivity index (χ4v) is 2.50.